The van der Waals surface area contributed by atoms with Gasteiger partial charge in [0.15, 0.2) is 0 Å². The first-order valence-corrected chi connectivity index (χ1v) is 7.84. The van der Waals surface area contributed by atoms with Crippen LogP contribution in [0.15, 0.2) is 6.20 Å². The Hall–Kier alpha value is -1.51. The fraction of sp³-hybridized carbons (Fsp3) is 0.786. The van der Waals surface area contributed by atoms with Crippen molar-refractivity contribution in [1.82, 2.24) is 25.2 Å². The fourth-order valence-electron chi connectivity index (χ4n) is 3.32. The first-order chi connectivity index (χ1) is 10.7. The third-order valence-corrected chi connectivity index (χ3v) is 4.54. The molecule has 0 aromatic carbocycles. The van der Waals surface area contributed by atoms with Crippen LogP contribution in [-0.4, -0.2) is 81.7 Å². The second-order valence-electron chi connectivity index (χ2n) is 6.07. The van der Waals surface area contributed by atoms with Gasteiger partial charge in [-0.15, -0.1) is 0 Å². The van der Waals surface area contributed by atoms with Crippen molar-refractivity contribution in [2.45, 2.75) is 25.4 Å². The van der Waals surface area contributed by atoms with Gasteiger partial charge in [0, 0.05) is 52.0 Å². The first-order valence-electron chi connectivity index (χ1n) is 7.84. The zero-order valence-electron chi connectivity index (χ0n) is 12.6. The molecule has 3 heterocycles. The van der Waals surface area contributed by atoms with Crippen LogP contribution >= 0.6 is 0 Å². The van der Waals surface area contributed by atoms with Gasteiger partial charge in [-0.3, -0.25) is 14.6 Å². The molecule has 1 atom stereocenters. The van der Waals surface area contributed by atoms with Crippen molar-refractivity contribution in [1.29, 1.82) is 0 Å². The van der Waals surface area contributed by atoms with E-state index in [2.05, 4.69) is 25.2 Å². The van der Waals surface area contributed by atoms with Gasteiger partial charge in [-0.25, -0.2) is 0 Å². The van der Waals surface area contributed by atoms with E-state index >= 15 is 0 Å². The van der Waals surface area contributed by atoms with Crippen molar-refractivity contribution in [2.75, 3.05) is 39.4 Å². The molecule has 0 amide bonds. The van der Waals surface area contributed by atoms with E-state index in [1.807, 2.05) is 0 Å². The van der Waals surface area contributed by atoms with Gasteiger partial charge < -0.3 is 9.84 Å². The van der Waals surface area contributed by atoms with Crippen LogP contribution in [0.4, 0.5) is 0 Å². The minimum absolute atomic E-state index is 0.364. The number of carboxylic acids is 1. The molecule has 2 N–H and O–H groups in total. The van der Waals surface area contributed by atoms with Crippen LogP contribution < -0.4 is 0 Å². The lowest BCUT2D eigenvalue weighted by atomic mass is 10.0. The van der Waals surface area contributed by atoms with E-state index in [9.17, 15) is 9.90 Å². The standard InChI is InChI=1S/C14H23N5O3/c20-14(21)11-8-18(10-12-7-15-17-16-12)3-4-19(9-11)13-1-5-22-6-2-13/h7,11,13H,1-6,8-10H2,(H,20,21)(H,15,16,17)/t11-/m0/s1. The minimum atomic E-state index is -0.718. The largest absolute Gasteiger partial charge is 0.481 e. The molecule has 0 aliphatic carbocycles. The Balaban J connectivity index is 1.65. The predicted octanol–water partition coefficient (Wildman–Crippen LogP) is -0.198. The summed E-state index contributed by atoms with van der Waals surface area (Å²) in [6.07, 6.45) is 3.68. The smallest absolute Gasteiger partial charge is 0.309 e. The Morgan fingerprint density at radius 1 is 1.36 bits per heavy atom. The number of hydrogen-bond acceptors (Lipinski definition) is 6. The Labute approximate surface area is 129 Å². The number of aliphatic carboxylic acids is 1. The topological polar surface area (TPSA) is 94.6 Å². The quantitative estimate of drug-likeness (QED) is 0.795. The fourth-order valence-corrected chi connectivity index (χ4v) is 3.32. The van der Waals surface area contributed by atoms with E-state index in [0.29, 0.717) is 25.7 Å². The third-order valence-electron chi connectivity index (χ3n) is 4.54. The van der Waals surface area contributed by atoms with E-state index in [0.717, 1.165) is 44.8 Å². The molecule has 0 unspecified atom stereocenters. The lowest BCUT2D eigenvalue weighted by molar-refractivity contribution is -0.142. The normalized spacial score (nSPS) is 25.9. The highest BCUT2D eigenvalue weighted by atomic mass is 16.5. The summed E-state index contributed by atoms with van der Waals surface area (Å²) in [5.74, 6) is -1.08. The lowest BCUT2D eigenvalue weighted by Gasteiger charge is -2.34. The van der Waals surface area contributed by atoms with Crippen LogP contribution in [0, 0.1) is 5.92 Å². The summed E-state index contributed by atoms with van der Waals surface area (Å²) in [5.41, 5.74) is 0.851. The van der Waals surface area contributed by atoms with Gasteiger partial charge in [0.05, 0.1) is 17.8 Å². The molecule has 2 fully saturated rings. The number of hydrogen-bond donors (Lipinski definition) is 2. The highest BCUT2D eigenvalue weighted by Crippen LogP contribution is 2.20. The van der Waals surface area contributed by atoms with Crippen LogP contribution in [0.25, 0.3) is 0 Å². The van der Waals surface area contributed by atoms with Crippen LogP contribution in [-0.2, 0) is 16.1 Å². The third kappa shape index (κ3) is 3.82. The van der Waals surface area contributed by atoms with Gasteiger partial charge >= 0.3 is 5.97 Å². The summed E-state index contributed by atoms with van der Waals surface area (Å²) in [5, 5.41) is 20.0. The maximum absolute atomic E-state index is 11.6. The van der Waals surface area contributed by atoms with Crippen molar-refractivity contribution in [2.24, 2.45) is 5.92 Å². The number of ether oxygens (including phenoxy) is 1. The van der Waals surface area contributed by atoms with Crippen molar-refractivity contribution in [3.8, 4) is 0 Å². The Bertz CT molecular complexity index is 475. The van der Waals surface area contributed by atoms with Crippen LogP contribution in [0.2, 0.25) is 0 Å². The maximum Gasteiger partial charge on any atom is 0.309 e. The van der Waals surface area contributed by atoms with E-state index < -0.39 is 5.97 Å². The number of aromatic amines is 1. The van der Waals surface area contributed by atoms with E-state index in [1.165, 1.54) is 0 Å². The molecule has 2 aliphatic heterocycles. The highest BCUT2D eigenvalue weighted by molar-refractivity contribution is 5.70. The van der Waals surface area contributed by atoms with E-state index in [-0.39, 0.29) is 5.92 Å². The van der Waals surface area contributed by atoms with Gasteiger partial charge in [0.25, 0.3) is 0 Å². The summed E-state index contributed by atoms with van der Waals surface area (Å²) >= 11 is 0. The van der Waals surface area contributed by atoms with Gasteiger partial charge in [-0.1, -0.05) is 0 Å². The summed E-state index contributed by atoms with van der Waals surface area (Å²) in [6, 6.07) is 0.447. The van der Waals surface area contributed by atoms with Crippen LogP contribution in [0.3, 0.4) is 0 Å². The second-order valence-corrected chi connectivity index (χ2v) is 6.07. The molecule has 0 bridgehead atoms. The molecule has 2 saturated heterocycles. The first kappa shape index (κ1) is 15.4. The number of carbonyl (C=O) groups is 1. The molecule has 122 valence electrons. The van der Waals surface area contributed by atoms with E-state index in [4.69, 9.17) is 4.74 Å². The van der Waals surface area contributed by atoms with Gasteiger partial charge in [-0.2, -0.15) is 15.4 Å². The molecule has 1 aromatic heterocycles. The van der Waals surface area contributed by atoms with Crippen molar-refractivity contribution >= 4 is 5.97 Å². The SMILES string of the molecule is O=C(O)[C@H]1CN(Cc2cn[nH]n2)CCN(C2CCOCC2)C1. The maximum atomic E-state index is 11.6. The molecule has 22 heavy (non-hydrogen) atoms. The molecule has 8 heteroatoms. The Morgan fingerprint density at radius 2 is 2.18 bits per heavy atom. The summed E-state index contributed by atoms with van der Waals surface area (Å²) in [6.45, 7) is 5.13. The van der Waals surface area contributed by atoms with Crippen LogP contribution in [0.1, 0.15) is 18.5 Å². The number of nitrogens with one attached hydrogen (secondary N) is 1. The zero-order valence-corrected chi connectivity index (χ0v) is 12.6. The van der Waals surface area contributed by atoms with Crippen molar-refractivity contribution < 1.29 is 14.6 Å². The molecule has 2 aliphatic rings. The summed E-state index contributed by atoms with van der Waals surface area (Å²) < 4.78 is 5.42. The average Bonchev–Trinajstić information content (AvgIpc) is 2.93. The Morgan fingerprint density at radius 3 is 2.86 bits per heavy atom. The molecule has 1 aromatic rings. The summed E-state index contributed by atoms with van der Waals surface area (Å²) in [4.78, 5) is 16.1. The van der Waals surface area contributed by atoms with Crippen molar-refractivity contribution in [3.05, 3.63) is 11.9 Å². The highest BCUT2D eigenvalue weighted by Gasteiger charge is 2.31. The molecule has 8 nitrogen and oxygen atoms in total. The average molecular weight is 309 g/mol. The Kier molecular flexibility index (Phi) is 5.01. The molecular formula is C14H23N5O3. The summed E-state index contributed by atoms with van der Waals surface area (Å²) in [7, 11) is 0. The minimum Gasteiger partial charge on any atom is -0.481 e. The molecule has 0 saturated carbocycles. The number of aromatic nitrogens is 3. The number of carboxylic acid groups (broad SMARTS) is 1. The number of rotatable bonds is 4. The predicted molar refractivity (Wildman–Crippen MR) is 78.2 cm³/mol. The monoisotopic (exact) mass is 309 g/mol. The van der Waals surface area contributed by atoms with Gasteiger partial charge in [0.2, 0.25) is 0 Å². The second kappa shape index (κ2) is 7.17. The van der Waals surface area contributed by atoms with E-state index in [1.54, 1.807) is 6.20 Å². The lowest BCUT2D eigenvalue weighted by Crippen LogP contribution is -2.43. The molecular weight excluding hydrogens is 286 g/mol. The van der Waals surface area contributed by atoms with Crippen molar-refractivity contribution in [3.63, 3.8) is 0 Å². The molecule has 0 radical (unpaired) electrons. The van der Waals surface area contributed by atoms with Gasteiger partial charge in [0.1, 0.15) is 0 Å². The molecule has 3 rings (SSSR count). The van der Waals surface area contributed by atoms with Gasteiger partial charge in [-0.05, 0) is 12.8 Å². The molecule has 0 spiro atoms. The number of H-pyrrole nitrogens is 1. The zero-order chi connectivity index (χ0) is 15.4. The number of nitrogens with zero attached hydrogens (tertiary/aromatic N) is 4. The van der Waals surface area contributed by atoms with Crippen LogP contribution in [0.5, 0.6) is 0 Å².